The molecule has 0 spiro atoms. The standard InChI is InChI=1S/C17H17.C16H13.C13H10.2ClH.Zr/c1-3-12-5-7-16-14(9-12)11-15-10-13(4-2)6-8-17(15)16;1-12-10-14-8-5-9-15(16(14)11-12)13-6-3-2-4-7-13;1-3-7-12(8-4-1)11-13-9-5-2-6-10-13;;;/h5-11H,3-4H2,1-2H3;2-11H,1H3;1-10H;2*1H;/q2*-1;;;;+2. The fourth-order valence-electron chi connectivity index (χ4n) is 6.19. The molecule has 0 unspecified atom stereocenters. The van der Waals surface area contributed by atoms with Gasteiger partial charge in [-0.05, 0) is 18.4 Å². The molecule has 3 heteroatoms. The van der Waals surface area contributed by atoms with Crippen molar-refractivity contribution in [3.05, 3.63) is 192 Å². The molecule has 8 aromatic carbocycles. The van der Waals surface area contributed by atoms with Crippen LogP contribution in [0.15, 0.2) is 164 Å². The number of hydrogen-bond acceptors (Lipinski definition) is 0. The van der Waals surface area contributed by atoms with Gasteiger partial charge in [-0.3, -0.25) is 0 Å². The van der Waals surface area contributed by atoms with E-state index in [2.05, 4.69) is 185 Å². The van der Waals surface area contributed by atoms with Gasteiger partial charge in [-0.2, -0.15) is 6.07 Å². The van der Waals surface area contributed by atoms with Gasteiger partial charge in [0.2, 0.25) is 0 Å². The van der Waals surface area contributed by atoms with E-state index in [1.807, 2.05) is 0 Å². The zero-order valence-corrected chi connectivity index (χ0v) is 32.4. The van der Waals surface area contributed by atoms with E-state index >= 15 is 0 Å². The number of halogens is 2. The maximum absolute atomic E-state index is 2.32. The average Bonchev–Trinajstić information content (AvgIpc) is 3.71. The molecule has 0 saturated heterocycles. The number of aryl methyl sites for hydroxylation is 3. The van der Waals surface area contributed by atoms with Gasteiger partial charge in [-0.15, -0.1) is 99.1 Å². The number of fused-ring (bicyclic) bond motifs is 4. The van der Waals surface area contributed by atoms with Gasteiger partial charge in [0.25, 0.3) is 0 Å². The zero-order chi connectivity index (χ0) is 32.6. The van der Waals surface area contributed by atoms with Gasteiger partial charge in [0, 0.05) is 0 Å². The van der Waals surface area contributed by atoms with Crippen LogP contribution >= 0.6 is 24.8 Å². The van der Waals surface area contributed by atoms with Gasteiger partial charge >= 0.3 is 99.2 Å². The van der Waals surface area contributed by atoms with Crippen molar-refractivity contribution in [2.24, 2.45) is 0 Å². The summed E-state index contributed by atoms with van der Waals surface area (Å²) >= 11 is 1.46. The molecule has 0 fully saturated rings. The molecule has 244 valence electrons. The van der Waals surface area contributed by atoms with E-state index in [4.69, 9.17) is 0 Å². The third kappa shape index (κ3) is 9.23. The molecule has 49 heavy (non-hydrogen) atoms. The second kappa shape index (κ2) is 18.2. The number of rotatable bonds is 5. The molecule has 0 aromatic heterocycles. The predicted molar refractivity (Wildman–Crippen MR) is 216 cm³/mol. The fourth-order valence-corrected chi connectivity index (χ4v) is 7.01. The molecular weight excluding hydrogens is 715 g/mol. The van der Waals surface area contributed by atoms with Crippen molar-refractivity contribution >= 4 is 60.3 Å². The Hall–Kier alpha value is -3.87. The molecule has 0 amide bonds. The van der Waals surface area contributed by atoms with E-state index in [1.54, 1.807) is 0 Å². The van der Waals surface area contributed by atoms with Crippen LogP contribution < -0.4 is 0 Å². The number of benzene rings is 6. The number of hydrogen-bond donors (Lipinski definition) is 0. The quantitative estimate of drug-likeness (QED) is 0.153. The third-order valence-corrected chi connectivity index (χ3v) is 10.2. The van der Waals surface area contributed by atoms with Crippen LogP contribution in [-0.4, -0.2) is 3.21 Å². The van der Waals surface area contributed by atoms with Gasteiger partial charge in [-0.25, -0.2) is 0 Å². The van der Waals surface area contributed by atoms with Gasteiger partial charge < -0.3 is 0 Å². The summed E-state index contributed by atoms with van der Waals surface area (Å²) in [5.74, 6) is 0. The van der Waals surface area contributed by atoms with Crippen molar-refractivity contribution in [1.82, 2.24) is 0 Å². The summed E-state index contributed by atoms with van der Waals surface area (Å²) in [6.07, 6.45) is 2.22. The molecule has 0 nitrogen and oxygen atoms in total. The van der Waals surface area contributed by atoms with E-state index in [0.29, 0.717) is 0 Å². The second-order valence-electron chi connectivity index (χ2n) is 12.0. The molecule has 0 N–H and O–H groups in total. The Kier molecular flexibility index (Phi) is 14.1. The Balaban J connectivity index is 0.000000163. The zero-order valence-electron chi connectivity index (χ0n) is 28.3. The molecular formula is C46H42Cl2Zr. The van der Waals surface area contributed by atoms with Crippen LogP contribution in [-0.2, 0) is 37.1 Å². The molecule has 0 aliphatic carbocycles. The van der Waals surface area contributed by atoms with Crippen LogP contribution in [0.25, 0.3) is 43.4 Å². The van der Waals surface area contributed by atoms with E-state index < -0.39 is 0 Å². The molecule has 0 saturated carbocycles. The van der Waals surface area contributed by atoms with E-state index in [9.17, 15) is 0 Å². The maximum atomic E-state index is 2.32. The first-order valence-electron chi connectivity index (χ1n) is 16.6. The first kappa shape index (κ1) is 37.9. The van der Waals surface area contributed by atoms with Crippen LogP contribution in [0.4, 0.5) is 0 Å². The molecule has 0 aliphatic heterocycles. The average molecular weight is 757 g/mol. The summed E-state index contributed by atoms with van der Waals surface area (Å²) in [6.45, 7) is 6.56. The van der Waals surface area contributed by atoms with E-state index in [1.165, 1.54) is 98.7 Å². The van der Waals surface area contributed by atoms with Crippen molar-refractivity contribution in [3.63, 3.8) is 0 Å². The summed E-state index contributed by atoms with van der Waals surface area (Å²) < 4.78 is 1.42. The first-order chi connectivity index (χ1) is 23.0. The van der Waals surface area contributed by atoms with Gasteiger partial charge in [-0.1, -0.05) is 98.1 Å². The Bertz CT molecular complexity index is 2130. The van der Waals surface area contributed by atoms with E-state index in [0.717, 1.165) is 12.8 Å². The van der Waals surface area contributed by atoms with Crippen LogP contribution in [0, 0.1) is 6.92 Å². The van der Waals surface area contributed by atoms with E-state index in [-0.39, 0.29) is 24.8 Å². The Morgan fingerprint density at radius 2 is 0.980 bits per heavy atom. The van der Waals surface area contributed by atoms with Gasteiger partial charge in [0.05, 0.1) is 0 Å². The molecule has 0 atom stereocenters. The van der Waals surface area contributed by atoms with Crippen molar-refractivity contribution in [1.29, 1.82) is 0 Å². The Morgan fingerprint density at radius 1 is 0.490 bits per heavy atom. The summed E-state index contributed by atoms with van der Waals surface area (Å²) in [5.41, 5.74) is 9.45. The fraction of sp³-hybridized carbons (Fsp3) is 0.109. The van der Waals surface area contributed by atoms with Crippen LogP contribution in [0.2, 0.25) is 0 Å². The molecule has 0 heterocycles. The Labute approximate surface area is 318 Å². The summed E-state index contributed by atoms with van der Waals surface area (Å²) in [6, 6.07) is 58.6. The SMILES string of the molecule is CCc1ccc2c(c1)[cH-]c1cc(CC)ccc12.Cc1cc2c(-c3ccccc3)cccc2[cH-]1.Cl.Cl.[Zr+2]=[C](c1ccccc1)c1ccccc1. The molecule has 8 rings (SSSR count). The predicted octanol–water partition coefficient (Wildman–Crippen LogP) is 13.0. The summed E-state index contributed by atoms with van der Waals surface area (Å²) in [5, 5.41) is 8.23. The third-order valence-electron chi connectivity index (χ3n) is 8.75. The normalized spacial score (nSPS) is 10.3. The summed E-state index contributed by atoms with van der Waals surface area (Å²) in [7, 11) is 0. The van der Waals surface area contributed by atoms with Gasteiger partial charge in [0.1, 0.15) is 0 Å². The van der Waals surface area contributed by atoms with Crippen molar-refractivity contribution in [3.8, 4) is 11.1 Å². The van der Waals surface area contributed by atoms with Gasteiger partial charge in [0.15, 0.2) is 0 Å². The Morgan fingerprint density at radius 3 is 1.47 bits per heavy atom. The topological polar surface area (TPSA) is 0 Å². The minimum atomic E-state index is 0. The minimum absolute atomic E-state index is 0. The van der Waals surface area contributed by atoms with Crippen molar-refractivity contribution in [2.75, 3.05) is 0 Å². The monoisotopic (exact) mass is 754 g/mol. The second-order valence-corrected chi connectivity index (χ2v) is 13.2. The molecule has 0 radical (unpaired) electrons. The summed E-state index contributed by atoms with van der Waals surface area (Å²) in [4.78, 5) is 0. The van der Waals surface area contributed by atoms with Crippen LogP contribution in [0.3, 0.4) is 0 Å². The molecule has 0 aliphatic rings. The first-order valence-corrected chi connectivity index (χ1v) is 17.8. The van der Waals surface area contributed by atoms with Crippen molar-refractivity contribution < 1.29 is 24.2 Å². The van der Waals surface area contributed by atoms with Crippen LogP contribution in [0.5, 0.6) is 0 Å². The van der Waals surface area contributed by atoms with Crippen LogP contribution in [0.1, 0.15) is 41.7 Å². The molecule has 8 aromatic rings. The molecule has 0 bridgehead atoms. The van der Waals surface area contributed by atoms with Crippen molar-refractivity contribution in [2.45, 2.75) is 33.6 Å².